The molecular formula is C22H14N8. The number of aromatic nitrogens is 8. The summed E-state index contributed by atoms with van der Waals surface area (Å²) in [4.78, 5) is 25.3. The quantitative estimate of drug-likeness (QED) is 0.472. The van der Waals surface area contributed by atoms with Gasteiger partial charge in [0, 0.05) is 52.9 Å². The SMILES string of the molecule is c1ccc(-c2cncc3[nH]c(-c4[nH]nc5ncc(-c6cnccn6)cc45)cc23)nc1. The van der Waals surface area contributed by atoms with Crippen molar-refractivity contribution in [3.05, 3.63) is 73.7 Å². The Morgan fingerprint density at radius 1 is 0.733 bits per heavy atom. The number of aromatic amines is 2. The highest BCUT2D eigenvalue weighted by Gasteiger charge is 2.15. The fourth-order valence-corrected chi connectivity index (χ4v) is 3.61. The molecule has 2 N–H and O–H groups in total. The summed E-state index contributed by atoms with van der Waals surface area (Å²) in [6.07, 6.45) is 12.2. The molecule has 0 aliphatic heterocycles. The molecule has 30 heavy (non-hydrogen) atoms. The maximum Gasteiger partial charge on any atom is 0.181 e. The van der Waals surface area contributed by atoms with Crippen LogP contribution in [0.3, 0.4) is 0 Å². The van der Waals surface area contributed by atoms with E-state index in [9.17, 15) is 0 Å². The maximum atomic E-state index is 4.48. The molecule has 0 aromatic carbocycles. The minimum atomic E-state index is 0.638. The summed E-state index contributed by atoms with van der Waals surface area (Å²) < 4.78 is 0. The third kappa shape index (κ3) is 2.62. The highest BCUT2D eigenvalue weighted by molar-refractivity contribution is 6.00. The van der Waals surface area contributed by atoms with Crippen molar-refractivity contribution in [2.75, 3.05) is 0 Å². The number of nitrogens with zero attached hydrogens (tertiary/aromatic N) is 6. The topological polar surface area (TPSA) is 109 Å². The summed E-state index contributed by atoms with van der Waals surface area (Å²) in [7, 11) is 0. The van der Waals surface area contributed by atoms with Crippen molar-refractivity contribution in [3.63, 3.8) is 0 Å². The molecule has 0 saturated carbocycles. The van der Waals surface area contributed by atoms with Crippen molar-refractivity contribution >= 4 is 21.9 Å². The van der Waals surface area contributed by atoms with Crippen LogP contribution in [0, 0.1) is 0 Å². The van der Waals surface area contributed by atoms with Gasteiger partial charge in [0.05, 0.1) is 40.7 Å². The minimum Gasteiger partial charge on any atom is -0.352 e. The van der Waals surface area contributed by atoms with E-state index in [-0.39, 0.29) is 0 Å². The van der Waals surface area contributed by atoms with Gasteiger partial charge in [0.2, 0.25) is 0 Å². The average molecular weight is 390 g/mol. The summed E-state index contributed by atoms with van der Waals surface area (Å²) >= 11 is 0. The summed E-state index contributed by atoms with van der Waals surface area (Å²) in [6.45, 7) is 0. The molecule has 0 fully saturated rings. The predicted molar refractivity (Wildman–Crippen MR) is 113 cm³/mol. The second kappa shape index (κ2) is 6.56. The Balaban J connectivity index is 1.52. The van der Waals surface area contributed by atoms with E-state index in [0.29, 0.717) is 5.65 Å². The molecule has 0 unspecified atom stereocenters. The van der Waals surface area contributed by atoms with Crippen molar-refractivity contribution in [3.8, 4) is 33.9 Å². The lowest BCUT2D eigenvalue weighted by Crippen LogP contribution is -1.86. The van der Waals surface area contributed by atoms with Crippen molar-refractivity contribution in [1.82, 2.24) is 40.1 Å². The van der Waals surface area contributed by atoms with E-state index in [0.717, 1.165) is 50.2 Å². The molecule has 8 nitrogen and oxygen atoms in total. The lowest BCUT2D eigenvalue weighted by Gasteiger charge is -2.00. The monoisotopic (exact) mass is 390 g/mol. The van der Waals surface area contributed by atoms with Crippen LogP contribution in [0.15, 0.2) is 73.7 Å². The van der Waals surface area contributed by atoms with Crippen LogP contribution >= 0.6 is 0 Å². The number of rotatable bonds is 3. The second-order valence-electron chi connectivity index (χ2n) is 6.83. The molecule has 0 aliphatic carbocycles. The molecule has 0 radical (unpaired) electrons. The van der Waals surface area contributed by atoms with Gasteiger partial charge in [-0.2, -0.15) is 5.10 Å². The number of H-pyrrole nitrogens is 2. The van der Waals surface area contributed by atoms with E-state index in [2.05, 4.69) is 46.2 Å². The van der Waals surface area contributed by atoms with Gasteiger partial charge >= 0.3 is 0 Å². The number of hydrogen-bond donors (Lipinski definition) is 2. The van der Waals surface area contributed by atoms with Crippen LogP contribution in [-0.4, -0.2) is 40.1 Å². The van der Waals surface area contributed by atoms with Gasteiger partial charge < -0.3 is 4.98 Å². The summed E-state index contributed by atoms with van der Waals surface area (Å²) in [5.74, 6) is 0. The van der Waals surface area contributed by atoms with Gasteiger partial charge in [-0.3, -0.25) is 25.0 Å². The van der Waals surface area contributed by atoms with Gasteiger partial charge in [-0.15, -0.1) is 0 Å². The zero-order valence-electron chi connectivity index (χ0n) is 15.6. The van der Waals surface area contributed by atoms with Gasteiger partial charge in [-0.05, 0) is 24.3 Å². The van der Waals surface area contributed by atoms with Crippen LogP contribution in [0.1, 0.15) is 0 Å². The van der Waals surface area contributed by atoms with E-state index in [1.807, 2.05) is 36.7 Å². The third-order valence-corrected chi connectivity index (χ3v) is 5.02. The van der Waals surface area contributed by atoms with Crippen LogP contribution in [-0.2, 0) is 0 Å². The van der Waals surface area contributed by atoms with Crippen LogP contribution in [0.4, 0.5) is 0 Å². The molecule has 0 amide bonds. The Morgan fingerprint density at radius 3 is 2.57 bits per heavy atom. The molecule has 0 bridgehead atoms. The molecule has 0 spiro atoms. The van der Waals surface area contributed by atoms with E-state index >= 15 is 0 Å². The minimum absolute atomic E-state index is 0.638. The van der Waals surface area contributed by atoms with Crippen molar-refractivity contribution in [2.24, 2.45) is 0 Å². The highest BCUT2D eigenvalue weighted by atomic mass is 15.2. The first kappa shape index (κ1) is 16.5. The molecule has 8 heteroatoms. The second-order valence-corrected chi connectivity index (χ2v) is 6.83. The van der Waals surface area contributed by atoms with Crippen LogP contribution in [0.2, 0.25) is 0 Å². The van der Waals surface area contributed by atoms with Crippen molar-refractivity contribution in [2.45, 2.75) is 0 Å². The Kier molecular flexibility index (Phi) is 3.60. The summed E-state index contributed by atoms with van der Waals surface area (Å²) in [5.41, 5.74) is 6.80. The Labute approximate surface area is 170 Å². The molecule has 6 aromatic heterocycles. The first-order valence-electron chi connectivity index (χ1n) is 9.36. The van der Waals surface area contributed by atoms with Gasteiger partial charge in [0.1, 0.15) is 0 Å². The Bertz CT molecular complexity index is 1490. The van der Waals surface area contributed by atoms with Gasteiger partial charge in [-0.1, -0.05) is 6.07 Å². The standard InChI is InChI=1S/C22H14N8/c1-2-4-25-17(3-1)16-10-24-12-20-14(16)8-18(28-20)21-15-7-13(9-27-22(15)30-29-21)19-11-23-5-6-26-19/h1-12,28H,(H,27,29,30). The zero-order chi connectivity index (χ0) is 19.9. The number of fused-ring (bicyclic) bond motifs is 2. The lowest BCUT2D eigenvalue weighted by molar-refractivity contribution is 1.10. The van der Waals surface area contributed by atoms with Gasteiger partial charge in [0.15, 0.2) is 5.65 Å². The Hall–Kier alpha value is -4.46. The molecule has 0 saturated heterocycles. The fourth-order valence-electron chi connectivity index (χ4n) is 3.61. The van der Waals surface area contributed by atoms with Gasteiger partial charge in [0.25, 0.3) is 0 Å². The first-order chi connectivity index (χ1) is 14.9. The van der Waals surface area contributed by atoms with Gasteiger partial charge in [-0.25, -0.2) is 4.98 Å². The number of nitrogens with one attached hydrogen (secondary N) is 2. The molecule has 6 rings (SSSR count). The smallest absolute Gasteiger partial charge is 0.181 e. The van der Waals surface area contributed by atoms with Crippen LogP contribution < -0.4 is 0 Å². The first-order valence-corrected chi connectivity index (χ1v) is 9.36. The third-order valence-electron chi connectivity index (χ3n) is 5.02. The fraction of sp³-hybridized carbons (Fsp3) is 0. The molecule has 0 aliphatic rings. The molecule has 142 valence electrons. The zero-order valence-corrected chi connectivity index (χ0v) is 15.6. The number of pyridine rings is 3. The number of hydrogen-bond acceptors (Lipinski definition) is 6. The van der Waals surface area contributed by atoms with Crippen molar-refractivity contribution in [1.29, 1.82) is 0 Å². The van der Waals surface area contributed by atoms with Crippen LogP contribution in [0.5, 0.6) is 0 Å². The Morgan fingerprint density at radius 2 is 1.70 bits per heavy atom. The molecule has 6 heterocycles. The van der Waals surface area contributed by atoms with Crippen LogP contribution in [0.25, 0.3) is 55.8 Å². The molecule has 0 atom stereocenters. The highest BCUT2D eigenvalue weighted by Crippen LogP contribution is 2.33. The molecular weight excluding hydrogens is 376 g/mol. The lowest BCUT2D eigenvalue weighted by atomic mass is 10.1. The maximum absolute atomic E-state index is 4.48. The predicted octanol–water partition coefficient (Wildman–Crippen LogP) is 4.02. The normalized spacial score (nSPS) is 11.3. The van der Waals surface area contributed by atoms with E-state index < -0.39 is 0 Å². The van der Waals surface area contributed by atoms with E-state index in [1.165, 1.54) is 0 Å². The molecule has 6 aromatic rings. The summed E-state index contributed by atoms with van der Waals surface area (Å²) in [6, 6.07) is 9.96. The average Bonchev–Trinajstić information content (AvgIpc) is 3.43. The van der Waals surface area contributed by atoms with E-state index in [4.69, 9.17) is 0 Å². The largest absolute Gasteiger partial charge is 0.352 e. The van der Waals surface area contributed by atoms with E-state index in [1.54, 1.807) is 31.0 Å². The van der Waals surface area contributed by atoms with Crippen molar-refractivity contribution < 1.29 is 0 Å². The summed E-state index contributed by atoms with van der Waals surface area (Å²) in [5, 5.41) is 9.41.